The molecule has 0 aliphatic carbocycles. The molecule has 0 atom stereocenters. The fourth-order valence-electron chi connectivity index (χ4n) is 0.625. The van der Waals surface area contributed by atoms with Gasteiger partial charge >= 0.3 is 0 Å². The SMILES string of the molecule is C1CCNC1.N.N=C(N)N. The van der Waals surface area contributed by atoms with Gasteiger partial charge in [-0.05, 0) is 25.9 Å². The van der Waals surface area contributed by atoms with E-state index >= 15 is 0 Å². The molecule has 62 valence electrons. The van der Waals surface area contributed by atoms with Gasteiger partial charge in [-0.1, -0.05) is 0 Å². The first kappa shape index (κ1) is 11.9. The predicted octanol–water partition coefficient (Wildman–Crippen LogP) is -0.630. The predicted molar refractivity (Wildman–Crippen MR) is 43.2 cm³/mol. The van der Waals surface area contributed by atoms with Crippen LogP contribution in [-0.4, -0.2) is 19.0 Å². The number of nitrogens with one attached hydrogen (secondary N) is 2. The third kappa shape index (κ3) is 15.7. The molecule has 5 nitrogen and oxygen atoms in total. The zero-order valence-electron chi connectivity index (χ0n) is 6.19. The molecule has 1 aliphatic rings. The Morgan fingerprint density at radius 1 is 1.20 bits per heavy atom. The van der Waals surface area contributed by atoms with Crippen LogP contribution in [0.3, 0.4) is 0 Å². The lowest BCUT2D eigenvalue weighted by molar-refractivity contribution is 0.857. The van der Waals surface area contributed by atoms with E-state index in [1.807, 2.05) is 0 Å². The molecule has 0 aromatic heterocycles. The molecular weight excluding hydrogens is 130 g/mol. The molecule has 0 bridgehead atoms. The summed E-state index contributed by atoms with van der Waals surface area (Å²) in [7, 11) is 0. The zero-order chi connectivity index (χ0) is 7.11. The van der Waals surface area contributed by atoms with E-state index < -0.39 is 0 Å². The van der Waals surface area contributed by atoms with E-state index in [4.69, 9.17) is 5.41 Å². The number of rotatable bonds is 0. The van der Waals surface area contributed by atoms with Crippen LogP contribution in [-0.2, 0) is 0 Å². The van der Waals surface area contributed by atoms with Gasteiger partial charge in [0, 0.05) is 0 Å². The van der Waals surface area contributed by atoms with Crippen LogP contribution in [0.2, 0.25) is 0 Å². The first-order chi connectivity index (χ1) is 4.23. The van der Waals surface area contributed by atoms with Gasteiger partial charge in [-0.2, -0.15) is 0 Å². The van der Waals surface area contributed by atoms with Crippen molar-refractivity contribution < 1.29 is 0 Å². The van der Waals surface area contributed by atoms with Crippen molar-refractivity contribution in [1.82, 2.24) is 11.5 Å². The van der Waals surface area contributed by atoms with Crippen molar-refractivity contribution in [2.75, 3.05) is 13.1 Å². The van der Waals surface area contributed by atoms with Gasteiger partial charge < -0.3 is 22.9 Å². The van der Waals surface area contributed by atoms with Crippen molar-refractivity contribution >= 4 is 5.96 Å². The lowest BCUT2D eigenvalue weighted by atomic mass is 10.4. The number of hydrogen-bond donors (Lipinski definition) is 5. The van der Waals surface area contributed by atoms with E-state index in [1.165, 1.54) is 25.9 Å². The molecular formula is C5H17N5. The van der Waals surface area contributed by atoms with Gasteiger partial charge in [0.1, 0.15) is 0 Å². The Bertz CT molecular complexity index is 66.5. The summed E-state index contributed by atoms with van der Waals surface area (Å²) < 4.78 is 0. The van der Waals surface area contributed by atoms with Crippen LogP contribution in [0, 0.1) is 5.41 Å². The summed E-state index contributed by atoms with van der Waals surface area (Å²) in [6.45, 7) is 2.50. The summed E-state index contributed by atoms with van der Waals surface area (Å²) in [5.41, 5.74) is 8.94. The largest absolute Gasteiger partial charge is 0.370 e. The summed E-state index contributed by atoms with van der Waals surface area (Å²) >= 11 is 0. The average Bonchev–Trinajstić information content (AvgIpc) is 2.11. The van der Waals surface area contributed by atoms with Crippen LogP contribution in [0.25, 0.3) is 0 Å². The molecule has 10 heavy (non-hydrogen) atoms. The smallest absolute Gasteiger partial charge is 0.183 e. The van der Waals surface area contributed by atoms with E-state index in [1.54, 1.807) is 0 Å². The third-order valence-corrected chi connectivity index (χ3v) is 0.957. The molecule has 0 radical (unpaired) electrons. The first-order valence-corrected chi connectivity index (χ1v) is 3.03. The monoisotopic (exact) mass is 147 g/mol. The molecule has 0 spiro atoms. The fourth-order valence-corrected chi connectivity index (χ4v) is 0.625. The average molecular weight is 147 g/mol. The van der Waals surface area contributed by atoms with Crippen molar-refractivity contribution in [1.29, 1.82) is 5.41 Å². The van der Waals surface area contributed by atoms with Gasteiger partial charge in [0.15, 0.2) is 5.96 Å². The minimum absolute atomic E-state index is 0. The van der Waals surface area contributed by atoms with Crippen molar-refractivity contribution in [2.24, 2.45) is 11.5 Å². The van der Waals surface area contributed by atoms with Crippen LogP contribution < -0.4 is 22.9 Å². The number of guanidine groups is 1. The Labute approximate surface area is 61.2 Å². The topological polar surface area (TPSA) is 123 Å². The van der Waals surface area contributed by atoms with E-state index in [-0.39, 0.29) is 12.1 Å². The molecule has 0 amide bonds. The van der Waals surface area contributed by atoms with E-state index in [0.717, 1.165) is 0 Å². The molecule has 1 saturated heterocycles. The van der Waals surface area contributed by atoms with Crippen molar-refractivity contribution in [3.05, 3.63) is 0 Å². The van der Waals surface area contributed by atoms with Crippen molar-refractivity contribution in [3.63, 3.8) is 0 Å². The summed E-state index contributed by atoms with van der Waals surface area (Å²) in [6, 6.07) is 0. The summed E-state index contributed by atoms with van der Waals surface area (Å²) in [6.07, 6.45) is 2.78. The maximum absolute atomic E-state index is 6.06. The van der Waals surface area contributed by atoms with Crippen molar-refractivity contribution in [3.8, 4) is 0 Å². The standard InChI is InChI=1S/C4H9N.CH5N3.H3N/c1-2-4-5-3-1;2-1(3)4;/h5H,1-4H2;(H5,2,3,4);1H3. The highest BCUT2D eigenvalue weighted by atomic mass is 14.9. The lowest BCUT2D eigenvalue weighted by Gasteiger charge is -1.76. The molecule has 9 N–H and O–H groups in total. The van der Waals surface area contributed by atoms with Crippen LogP contribution >= 0.6 is 0 Å². The molecule has 1 fully saturated rings. The molecule has 1 heterocycles. The van der Waals surface area contributed by atoms with E-state index in [9.17, 15) is 0 Å². The molecule has 1 rings (SSSR count). The minimum atomic E-state index is -0.333. The molecule has 0 unspecified atom stereocenters. The maximum Gasteiger partial charge on any atom is 0.183 e. The van der Waals surface area contributed by atoms with Gasteiger partial charge in [-0.3, -0.25) is 5.41 Å². The van der Waals surface area contributed by atoms with Crippen molar-refractivity contribution in [2.45, 2.75) is 12.8 Å². The fraction of sp³-hybridized carbons (Fsp3) is 0.800. The second-order valence-electron chi connectivity index (χ2n) is 1.91. The molecule has 5 heteroatoms. The minimum Gasteiger partial charge on any atom is -0.370 e. The summed E-state index contributed by atoms with van der Waals surface area (Å²) in [4.78, 5) is 0. The lowest BCUT2D eigenvalue weighted by Crippen LogP contribution is -2.20. The molecule has 1 aliphatic heterocycles. The van der Waals surface area contributed by atoms with Gasteiger partial charge in [-0.25, -0.2) is 0 Å². The summed E-state index contributed by atoms with van der Waals surface area (Å²) in [5.74, 6) is -0.333. The first-order valence-electron chi connectivity index (χ1n) is 3.03. The second kappa shape index (κ2) is 8.19. The van der Waals surface area contributed by atoms with Crippen LogP contribution in [0.15, 0.2) is 0 Å². The Morgan fingerprint density at radius 2 is 1.50 bits per heavy atom. The van der Waals surface area contributed by atoms with Crippen LogP contribution in [0.1, 0.15) is 12.8 Å². The molecule has 0 saturated carbocycles. The normalized spacial score (nSPS) is 14.4. The Kier molecular flexibility index (Phi) is 9.77. The Morgan fingerprint density at radius 3 is 1.60 bits per heavy atom. The highest BCUT2D eigenvalue weighted by molar-refractivity contribution is 5.71. The van der Waals surface area contributed by atoms with Gasteiger partial charge in [0.2, 0.25) is 0 Å². The zero-order valence-corrected chi connectivity index (χ0v) is 6.19. The van der Waals surface area contributed by atoms with Crippen LogP contribution in [0.5, 0.6) is 0 Å². The highest BCUT2D eigenvalue weighted by Crippen LogP contribution is 1.90. The summed E-state index contributed by atoms with van der Waals surface area (Å²) in [5, 5.41) is 9.28. The van der Waals surface area contributed by atoms with Gasteiger partial charge in [0.05, 0.1) is 0 Å². The maximum atomic E-state index is 6.06. The van der Waals surface area contributed by atoms with Gasteiger partial charge in [-0.15, -0.1) is 0 Å². The van der Waals surface area contributed by atoms with E-state index in [0.29, 0.717) is 0 Å². The second-order valence-corrected chi connectivity index (χ2v) is 1.91. The van der Waals surface area contributed by atoms with Gasteiger partial charge in [0.25, 0.3) is 0 Å². The van der Waals surface area contributed by atoms with E-state index in [2.05, 4.69) is 16.8 Å². The molecule has 0 aromatic carbocycles. The highest BCUT2D eigenvalue weighted by Gasteiger charge is 1.93. The molecule has 0 aromatic rings. The Balaban J connectivity index is 0. The van der Waals surface area contributed by atoms with Crippen LogP contribution in [0.4, 0.5) is 0 Å². The third-order valence-electron chi connectivity index (χ3n) is 0.957. The quantitative estimate of drug-likeness (QED) is 0.231. The number of hydrogen-bond acceptors (Lipinski definition) is 3. The Hall–Kier alpha value is -0.810. The number of nitrogens with two attached hydrogens (primary N) is 2.